The van der Waals surface area contributed by atoms with Gasteiger partial charge in [0.15, 0.2) is 0 Å². The minimum Gasteiger partial charge on any atom is -0.352 e. The van der Waals surface area contributed by atoms with Gasteiger partial charge >= 0.3 is 0 Å². The van der Waals surface area contributed by atoms with Gasteiger partial charge in [0.1, 0.15) is 0 Å². The summed E-state index contributed by atoms with van der Waals surface area (Å²) in [5, 5.41) is 6.35. The maximum absolute atomic E-state index is 12.1. The van der Waals surface area contributed by atoms with E-state index in [9.17, 15) is 9.59 Å². The number of nitrogens with one attached hydrogen (secondary N) is 2. The van der Waals surface area contributed by atoms with Gasteiger partial charge < -0.3 is 10.6 Å². The highest BCUT2D eigenvalue weighted by atomic mass is 35.5. The van der Waals surface area contributed by atoms with Gasteiger partial charge in [-0.05, 0) is 44.0 Å². The maximum Gasteiger partial charge on any atom is 0.238 e. The Morgan fingerprint density at radius 1 is 1.27 bits per heavy atom. The van der Waals surface area contributed by atoms with Crippen molar-refractivity contribution in [2.75, 3.05) is 25.0 Å². The number of benzene rings is 1. The Labute approximate surface area is 136 Å². The van der Waals surface area contributed by atoms with E-state index in [2.05, 4.69) is 10.6 Å². The number of likely N-dealkylation sites (N-methyl/N-ethyl adjacent to an activating group) is 1. The van der Waals surface area contributed by atoms with E-state index in [1.807, 2.05) is 24.8 Å². The molecular weight excluding hydrogens is 302 g/mol. The van der Waals surface area contributed by atoms with E-state index in [1.165, 1.54) is 0 Å². The molecule has 0 aliphatic heterocycles. The van der Waals surface area contributed by atoms with E-state index in [-0.39, 0.29) is 24.9 Å². The van der Waals surface area contributed by atoms with Gasteiger partial charge in [-0.1, -0.05) is 24.6 Å². The molecule has 1 saturated carbocycles. The van der Waals surface area contributed by atoms with Crippen LogP contribution in [0, 0.1) is 6.92 Å². The smallest absolute Gasteiger partial charge is 0.238 e. The SMILES string of the molecule is CCN(CC(=O)Nc1cc(Cl)ccc1C)CC(=O)NC1CC1. The molecule has 6 heteroatoms. The highest BCUT2D eigenvalue weighted by Gasteiger charge is 2.24. The van der Waals surface area contributed by atoms with Crippen molar-refractivity contribution in [2.45, 2.75) is 32.7 Å². The highest BCUT2D eigenvalue weighted by molar-refractivity contribution is 6.31. The number of nitrogens with zero attached hydrogens (tertiary/aromatic N) is 1. The first-order chi connectivity index (χ1) is 10.5. The molecule has 0 aromatic heterocycles. The van der Waals surface area contributed by atoms with Crippen LogP contribution in [0.1, 0.15) is 25.3 Å². The molecule has 0 saturated heterocycles. The molecule has 0 unspecified atom stereocenters. The molecule has 0 spiro atoms. The fourth-order valence-electron chi connectivity index (χ4n) is 2.11. The number of anilines is 1. The lowest BCUT2D eigenvalue weighted by molar-refractivity contribution is -0.123. The van der Waals surface area contributed by atoms with Gasteiger partial charge in [-0.3, -0.25) is 14.5 Å². The van der Waals surface area contributed by atoms with Crippen LogP contribution < -0.4 is 10.6 Å². The third-order valence-electron chi connectivity index (χ3n) is 3.60. The predicted octanol–water partition coefficient (Wildman–Crippen LogP) is 2.19. The third-order valence-corrected chi connectivity index (χ3v) is 3.83. The summed E-state index contributed by atoms with van der Waals surface area (Å²) in [5.74, 6) is -0.164. The number of amides is 2. The second-order valence-corrected chi connectivity index (χ2v) is 6.09. The van der Waals surface area contributed by atoms with Crippen LogP contribution in [0.4, 0.5) is 5.69 Å². The molecule has 1 aliphatic rings. The van der Waals surface area contributed by atoms with Crippen molar-refractivity contribution in [3.63, 3.8) is 0 Å². The van der Waals surface area contributed by atoms with Crippen LogP contribution in [0.2, 0.25) is 5.02 Å². The minimum atomic E-state index is -0.147. The fourth-order valence-corrected chi connectivity index (χ4v) is 2.28. The minimum absolute atomic E-state index is 0.0175. The number of aryl methyl sites for hydroxylation is 1. The Morgan fingerprint density at radius 3 is 2.59 bits per heavy atom. The first-order valence-electron chi connectivity index (χ1n) is 7.55. The zero-order chi connectivity index (χ0) is 16.1. The van der Waals surface area contributed by atoms with Gasteiger partial charge in [-0.25, -0.2) is 0 Å². The average Bonchev–Trinajstić information content (AvgIpc) is 3.25. The van der Waals surface area contributed by atoms with Gasteiger partial charge in [-0.2, -0.15) is 0 Å². The van der Waals surface area contributed by atoms with Gasteiger partial charge in [0, 0.05) is 16.8 Å². The largest absolute Gasteiger partial charge is 0.352 e. The second kappa shape index (κ2) is 7.61. The van der Waals surface area contributed by atoms with E-state index in [0.29, 0.717) is 23.3 Å². The quantitative estimate of drug-likeness (QED) is 0.808. The second-order valence-electron chi connectivity index (χ2n) is 5.65. The van der Waals surface area contributed by atoms with E-state index >= 15 is 0 Å². The lowest BCUT2D eigenvalue weighted by Crippen LogP contribution is -2.41. The van der Waals surface area contributed by atoms with Gasteiger partial charge in [0.25, 0.3) is 0 Å². The molecule has 5 nitrogen and oxygen atoms in total. The molecule has 1 aromatic rings. The van der Waals surface area contributed by atoms with Crippen molar-refractivity contribution in [3.05, 3.63) is 28.8 Å². The summed E-state index contributed by atoms with van der Waals surface area (Å²) >= 11 is 5.94. The Morgan fingerprint density at radius 2 is 1.95 bits per heavy atom. The van der Waals surface area contributed by atoms with Crippen LogP contribution in [-0.4, -0.2) is 42.4 Å². The molecule has 2 N–H and O–H groups in total. The normalized spacial score (nSPS) is 14.0. The molecule has 0 atom stereocenters. The van der Waals surface area contributed by atoms with Crippen molar-refractivity contribution in [1.29, 1.82) is 0 Å². The molecule has 1 aromatic carbocycles. The van der Waals surface area contributed by atoms with Gasteiger partial charge in [-0.15, -0.1) is 0 Å². The van der Waals surface area contributed by atoms with Crippen molar-refractivity contribution in [1.82, 2.24) is 10.2 Å². The molecule has 0 heterocycles. The molecule has 1 fully saturated rings. The lowest BCUT2D eigenvalue weighted by atomic mass is 10.2. The Kier molecular flexibility index (Phi) is 5.80. The first-order valence-corrected chi connectivity index (χ1v) is 7.93. The van der Waals surface area contributed by atoms with E-state index in [0.717, 1.165) is 18.4 Å². The fraction of sp³-hybridized carbons (Fsp3) is 0.500. The standard InChI is InChI=1S/C16H22ClN3O2/c1-3-20(9-15(21)18-13-6-7-13)10-16(22)19-14-8-12(17)5-4-11(14)2/h4-5,8,13H,3,6-7,9-10H2,1-2H3,(H,18,21)(H,19,22). The van der Waals surface area contributed by atoms with Gasteiger partial charge in [0.05, 0.1) is 13.1 Å². The van der Waals surface area contributed by atoms with E-state index in [1.54, 1.807) is 12.1 Å². The Balaban J connectivity index is 1.85. The molecule has 2 rings (SSSR count). The Bertz CT molecular complexity index is 558. The summed E-state index contributed by atoms with van der Waals surface area (Å²) in [6.45, 7) is 4.91. The predicted molar refractivity (Wildman–Crippen MR) is 88.1 cm³/mol. The monoisotopic (exact) mass is 323 g/mol. The Hall–Kier alpha value is -1.59. The van der Waals surface area contributed by atoms with Crippen LogP contribution in [0.5, 0.6) is 0 Å². The number of carbonyl (C=O) groups is 2. The molecule has 0 bridgehead atoms. The van der Waals surface area contributed by atoms with Crippen molar-refractivity contribution in [2.24, 2.45) is 0 Å². The number of rotatable bonds is 7. The highest BCUT2D eigenvalue weighted by Crippen LogP contribution is 2.20. The van der Waals surface area contributed by atoms with Crippen molar-refractivity contribution in [3.8, 4) is 0 Å². The van der Waals surface area contributed by atoms with Crippen LogP contribution >= 0.6 is 11.6 Å². The van der Waals surface area contributed by atoms with Crippen LogP contribution in [0.3, 0.4) is 0 Å². The summed E-state index contributed by atoms with van der Waals surface area (Å²) in [7, 11) is 0. The lowest BCUT2D eigenvalue weighted by Gasteiger charge is -2.19. The summed E-state index contributed by atoms with van der Waals surface area (Å²) < 4.78 is 0. The molecule has 22 heavy (non-hydrogen) atoms. The molecular formula is C16H22ClN3O2. The zero-order valence-corrected chi connectivity index (χ0v) is 13.7. The summed E-state index contributed by atoms with van der Waals surface area (Å²) in [6, 6.07) is 5.71. The molecule has 120 valence electrons. The zero-order valence-electron chi connectivity index (χ0n) is 13.0. The van der Waals surface area contributed by atoms with Crippen LogP contribution in [0.25, 0.3) is 0 Å². The number of hydrogen-bond acceptors (Lipinski definition) is 3. The maximum atomic E-state index is 12.1. The third kappa shape index (κ3) is 5.31. The number of halogens is 1. The summed E-state index contributed by atoms with van der Waals surface area (Å²) in [4.78, 5) is 25.7. The van der Waals surface area contributed by atoms with Crippen LogP contribution in [-0.2, 0) is 9.59 Å². The van der Waals surface area contributed by atoms with Crippen molar-refractivity contribution < 1.29 is 9.59 Å². The van der Waals surface area contributed by atoms with Crippen LogP contribution in [0.15, 0.2) is 18.2 Å². The van der Waals surface area contributed by atoms with Gasteiger partial charge in [0.2, 0.25) is 11.8 Å². The van der Waals surface area contributed by atoms with E-state index < -0.39 is 0 Å². The van der Waals surface area contributed by atoms with Crippen molar-refractivity contribution >= 4 is 29.1 Å². The number of carbonyl (C=O) groups excluding carboxylic acids is 2. The topological polar surface area (TPSA) is 61.4 Å². The average molecular weight is 324 g/mol. The summed E-state index contributed by atoms with van der Waals surface area (Å²) in [5.41, 5.74) is 1.66. The summed E-state index contributed by atoms with van der Waals surface area (Å²) in [6.07, 6.45) is 2.12. The molecule has 0 radical (unpaired) electrons. The van der Waals surface area contributed by atoms with E-state index in [4.69, 9.17) is 11.6 Å². The molecule has 1 aliphatic carbocycles. The first kappa shape index (κ1) is 16.8. The molecule has 2 amide bonds. The number of hydrogen-bond donors (Lipinski definition) is 2.